The van der Waals surface area contributed by atoms with Crippen molar-refractivity contribution in [2.24, 2.45) is 0 Å². The number of hydrogen-bond acceptors (Lipinski definition) is 4. The maximum Gasteiger partial charge on any atom is 0.238 e. The summed E-state index contributed by atoms with van der Waals surface area (Å²) in [5.74, 6) is 0.356. The van der Waals surface area contributed by atoms with Crippen molar-refractivity contribution in [3.63, 3.8) is 0 Å². The Morgan fingerprint density at radius 1 is 1.17 bits per heavy atom. The smallest absolute Gasteiger partial charge is 0.238 e. The van der Waals surface area contributed by atoms with Crippen molar-refractivity contribution in [2.45, 2.75) is 17.9 Å². The van der Waals surface area contributed by atoms with E-state index in [1.165, 1.54) is 22.9 Å². The molecule has 0 aliphatic carbocycles. The molecule has 4 nitrogen and oxygen atoms in total. The number of para-hydroxylation sites is 1. The van der Waals surface area contributed by atoms with Gasteiger partial charge in [-0.1, -0.05) is 36.4 Å². The van der Waals surface area contributed by atoms with Crippen LogP contribution in [0, 0.1) is 11.3 Å². The van der Waals surface area contributed by atoms with Gasteiger partial charge in [-0.15, -0.1) is 11.8 Å². The molecular formula is C19H19N3OS. The van der Waals surface area contributed by atoms with Crippen LogP contribution in [0.2, 0.25) is 0 Å². The second-order valence-electron chi connectivity index (χ2n) is 5.72. The average molecular weight is 337 g/mol. The lowest BCUT2D eigenvalue weighted by atomic mass is 10.00. The lowest BCUT2D eigenvalue weighted by molar-refractivity contribution is -0.117. The molecule has 0 saturated heterocycles. The molecule has 0 saturated carbocycles. The van der Waals surface area contributed by atoms with Crippen LogP contribution in [0.25, 0.3) is 0 Å². The lowest BCUT2D eigenvalue weighted by Crippen LogP contribution is -2.37. The van der Waals surface area contributed by atoms with E-state index in [4.69, 9.17) is 5.26 Å². The van der Waals surface area contributed by atoms with Crippen LogP contribution in [0.1, 0.15) is 11.1 Å². The van der Waals surface area contributed by atoms with E-state index in [1.807, 2.05) is 30.3 Å². The van der Waals surface area contributed by atoms with Gasteiger partial charge in [-0.2, -0.15) is 5.26 Å². The number of fused-ring (bicyclic) bond motifs is 1. The molecule has 1 amide bonds. The van der Waals surface area contributed by atoms with Crippen LogP contribution in [-0.4, -0.2) is 29.6 Å². The van der Waals surface area contributed by atoms with E-state index in [-0.39, 0.29) is 5.91 Å². The molecule has 0 aromatic heterocycles. The molecule has 122 valence electrons. The van der Waals surface area contributed by atoms with Crippen molar-refractivity contribution in [3.8, 4) is 6.07 Å². The zero-order valence-electron chi connectivity index (χ0n) is 13.4. The van der Waals surface area contributed by atoms with Gasteiger partial charge in [0.25, 0.3) is 0 Å². The van der Waals surface area contributed by atoms with Crippen LogP contribution in [-0.2, 0) is 17.8 Å². The van der Waals surface area contributed by atoms with Gasteiger partial charge in [-0.3, -0.25) is 9.69 Å². The Bertz CT molecular complexity index is 769. The van der Waals surface area contributed by atoms with Gasteiger partial charge in [0, 0.05) is 18.0 Å². The van der Waals surface area contributed by atoms with Crippen LogP contribution in [0.4, 0.5) is 5.69 Å². The van der Waals surface area contributed by atoms with Gasteiger partial charge in [-0.05, 0) is 29.7 Å². The highest BCUT2D eigenvalue weighted by Crippen LogP contribution is 2.26. The molecule has 1 aliphatic heterocycles. The number of carbonyl (C=O) groups excluding carboxylic acids is 1. The molecule has 0 radical (unpaired) electrons. The Morgan fingerprint density at radius 3 is 2.75 bits per heavy atom. The minimum Gasteiger partial charge on any atom is -0.324 e. The van der Waals surface area contributed by atoms with Gasteiger partial charge in [0.05, 0.1) is 24.1 Å². The molecule has 1 N–H and O–H groups in total. The number of rotatable bonds is 5. The van der Waals surface area contributed by atoms with Gasteiger partial charge in [0.1, 0.15) is 0 Å². The average Bonchev–Trinajstić information content (AvgIpc) is 2.61. The molecule has 1 aliphatic rings. The first-order chi connectivity index (χ1) is 11.8. The number of hydrogen-bond donors (Lipinski definition) is 1. The maximum atomic E-state index is 12.4. The Labute approximate surface area is 146 Å². The fourth-order valence-electron chi connectivity index (χ4n) is 2.89. The van der Waals surface area contributed by atoms with Crippen molar-refractivity contribution in [1.29, 1.82) is 5.26 Å². The summed E-state index contributed by atoms with van der Waals surface area (Å²) in [5, 5.41) is 11.7. The normalized spacial score (nSPS) is 13.8. The summed E-state index contributed by atoms with van der Waals surface area (Å²) in [7, 11) is 0. The summed E-state index contributed by atoms with van der Waals surface area (Å²) in [6, 6.07) is 18.1. The van der Waals surface area contributed by atoms with Gasteiger partial charge in [0.15, 0.2) is 0 Å². The molecule has 24 heavy (non-hydrogen) atoms. The molecule has 5 heteroatoms. The summed E-state index contributed by atoms with van der Waals surface area (Å²) in [6.45, 7) is 2.09. The van der Waals surface area contributed by atoms with Gasteiger partial charge in [0.2, 0.25) is 5.91 Å². The van der Waals surface area contributed by atoms with Crippen molar-refractivity contribution < 1.29 is 4.79 Å². The number of amides is 1. The van der Waals surface area contributed by atoms with Crippen molar-refractivity contribution in [2.75, 3.05) is 24.2 Å². The van der Waals surface area contributed by atoms with E-state index in [2.05, 4.69) is 34.5 Å². The third-order valence-corrected chi connectivity index (χ3v) is 4.97. The van der Waals surface area contributed by atoms with Crippen LogP contribution in [0.3, 0.4) is 0 Å². The van der Waals surface area contributed by atoms with Crippen molar-refractivity contribution in [3.05, 3.63) is 59.7 Å². The van der Waals surface area contributed by atoms with E-state index < -0.39 is 0 Å². The van der Waals surface area contributed by atoms with E-state index in [1.54, 1.807) is 0 Å². The van der Waals surface area contributed by atoms with Crippen molar-refractivity contribution in [1.82, 2.24) is 4.90 Å². The number of nitriles is 1. The minimum atomic E-state index is -0.0145. The molecule has 0 spiro atoms. The Balaban J connectivity index is 1.60. The fraction of sp³-hybridized carbons (Fsp3) is 0.263. The first kappa shape index (κ1) is 16.6. The number of thioether (sulfide) groups is 1. The predicted molar refractivity (Wildman–Crippen MR) is 96.8 cm³/mol. The van der Waals surface area contributed by atoms with Gasteiger partial charge < -0.3 is 5.32 Å². The fourth-order valence-corrected chi connectivity index (χ4v) is 3.56. The SMILES string of the molecule is N#CCSc1ccccc1NC(=O)CN1CCc2ccccc2C1. The standard InChI is InChI=1S/C19H19N3OS/c20-10-12-24-18-8-4-3-7-17(18)21-19(23)14-22-11-9-15-5-1-2-6-16(15)13-22/h1-8H,9,11-14H2,(H,21,23). The summed E-state index contributed by atoms with van der Waals surface area (Å²) in [5.41, 5.74) is 3.47. The van der Waals surface area contributed by atoms with E-state index >= 15 is 0 Å². The number of nitrogens with zero attached hydrogens (tertiary/aromatic N) is 2. The van der Waals surface area contributed by atoms with Crippen LogP contribution in [0.5, 0.6) is 0 Å². The Kier molecular flexibility index (Phi) is 5.52. The third kappa shape index (κ3) is 4.16. The second-order valence-corrected chi connectivity index (χ2v) is 6.74. The monoisotopic (exact) mass is 337 g/mol. The number of carbonyl (C=O) groups is 1. The lowest BCUT2D eigenvalue weighted by Gasteiger charge is -2.28. The zero-order chi connectivity index (χ0) is 16.8. The van der Waals surface area contributed by atoms with Gasteiger partial charge in [-0.25, -0.2) is 0 Å². The van der Waals surface area contributed by atoms with E-state index in [0.717, 1.165) is 30.1 Å². The Morgan fingerprint density at radius 2 is 1.92 bits per heavy atom. The molecule has 0 bridgehead atoms. The van der Waals surface area contributed by atoms with E-state index in [0.29, 0.717) is 12.3 Å². The van der Waals surface area contributed by atoms with Crippen molar-refractivity contribution >= 4 is 23.4 Å². The molecule has 2 aromatic carbocycles. The minimum absolute atomic E-state index is 0.0145. The van der Waals surface area contributed by atoms with Crippen LogP contribution < -0.4 is 5.32 Å². The molecule has 0 atom stereocenters. The van der Waals surface area contributed by atoms with E-state index in [9.17, 15) is 4.79 Å². The number of anilines is 1. The molecule has 3 rings (SSSR count). The molecule has 0 fully saturated rings. The van der Waals surface area contributed by atoms with Crippen LogP contribution >= 0.6 is 11.8 Å². The zero-order valence-corrected chi connectivity index (χ0v) is 14.2. The molecule has 1 heterocycles. The highest BCUT2D eigenvalue weighted by Gasteiger charge is 2.18. The number of benzene rings is 2. The molecular weight excluding hydrogens is 318 g/mol. The summed E-state index contributed by atoms with van der Waals surface area (Å²) in [6.07, 6.45) is 0.984. The largest absolute Gasteiger partial charge is 0.324 e. The summed E-state index contributed by atoms with van der Waals surface area (Å²) in [4.78, 5) is 15.5. The van der Waals surface area contributed by atoms with Gasteiger partial charge >= 0.3 is 0 Å². The second kappa shape index (κ2) is 8.00. The topological polar surface area (TPSA) is 56.1 Å². The highest BCUT2D eigenvalue weighted by molar-refractivity contribution is 7.99. The summed E-state index contributed by atoms with van der Waals surface area (Å²) < 4.78 is 0. The van der Waals surface area contributed by atoms with Crippen LogP contribution in [0.15, 0.2) is 53.4 Å². The quantitative estimate of drug-likeness (QED) is 0.851. The third-order valence-electron chi connectivity index (χ3n) is 4.03. The molecule has 0 unspecified atom stereocenters. The molecule has 2 aromatic rings. The first-order valence-corrected chi connectivity index (χ1v) is 8.92. The highest BCUT2D eigenvalue weighted by atomic mass is 32.2. The summed E-state index contributed by atoms with van der Waals surface area (Å²) >= 11 is 1.44. The Hall–Kier alpha value is -2.29. The maximum absolute atomic E-state index is 12.4. The number of nitrogens with one attached hydrogen (secondary N) is 1. The first-order valence-electron chi connectivity index (χ1n) is 7.94. The predicted octanol–water partition coefficient (Wildman–Crippen LogP) is 3.30.